The number of fused-ring (bicyclic) bond motifs is 1. The molecule has 5 heteroatoms. The molecule has 0 aromatic rings. The molecule has 170 valence electrons. The van der Waals surface area contributed by atoms with Crippen molar-refractivity contribution in [2.75, 3.05) is 0 Å². The van der Waals surface area contributed by atoms with Crippen molar-refractivity contribution >= 4 is 11.9 Å². The molecule has 0 radical (unpaired) electrons. The Balaban J connectivity index is 2.08. The number of carboxylic acid groups (broad SMARTS) is 1. The molecule has 0 amide bonds. The van der Waals surface area contributed by atoms with Crippen molar-refractivity contribution in [3.8, 4) is 0 Å². The summed E-state index contributed by atoms with van der Waals surface area (Å²) in [6, 6.07) is 0. The van der Waals surface area contributed by atoms with Crippen LogP contribution < -0.4 is 0 Å². The Hall–Kier alpha value is -1.62. The highest BCUT2D eigenvalue weighted by Crippen LogP contribution is 2.44. The minimum atomic E-state index is -0.729. The fourth-order valence-electron chi connectivity index (χ4n) is 4.81. The lowest BCUT2D eigenvalue weighted by atomic mass is 9.66. The van der Waals surface area contributed by atoms with Crippen LogP contribution in [-0.2, 0) is 14.3 Å². The van der Waals surface area contributed by atoms with Gasteiger partial charge in [0.15, 0.2) is 0 Å². The molecule has 0 unspecified atom stereocenters. The van der Waals surface area contributed by atoms with Gasteiger partial charge < -0.3 is 14.9 Å². The number of rotatable bonds is 11. The fraction of sp³-hybridized carbons (Fsp3) is 0.760. The third kappa shape index (κ3) is 6.19. The summed E-state index contributed by atoms with van der Waals surface area (Å²) >= 11 is 0. The first kappa shape index (κ1) is 24.6. The predicted octanol–water partition coefficient (Wildman–Crippen LogP) is 5.28. The molecule has 0 bridgehead atoms. The van der Waals surface area contributed by atoms with Gasteiger partial charge in [0.2, 0.25) is 0 Å². The average Bonchev–Trinajstić information content (AvgIpc) is 2.70. The van der Waals surface area contributed by atoms with E-state index in [9.17, 15) is 14.7 Å². The van der Waals surface area contributed by atoms with Crippen LogP contribution in [0.5, 0.6) is 0 Å². The lowest BCUT2D eigenvalue weighted by molar-refractivity contribution is -0.166. The number of hydrogen-bond acceptors (Lipinski definition) is 4. The molecule has 2 aliphatic carbocycles. The maximum Gasteiger partial charge on any atom is 0.312 e. The SMILES string of the molecule is CCC(C)(CC)C(=O)O[C@H]1C[C@H](O)C=C2C=C[C@H](C)[C@H](CCCCCCC(=O)O)[C@H]21. The normalized spacial score (nSPS) is 28.6. The number of allylic oxidation sites excluding steroid dienone is 2. The van der Waals surface area contributed by atoms with Crippen LogP contribution in [0.2, 0.25) is 0 Å². The van der Waals surface area contributed by atoms with Gasteiger partial charge in [-0.25, -0.2) is 0 Å². The lowest BCUT2D eigenvalue weighted by Gasteiger charge is -2.43. The van der Waals surface area contributed by atoms with Gasteiger partial charge in [0.1, 0.15) is 6.10 Å². The van der Waals surface area contributed by atoms with Gasteiger partial charge >= 0.3 is 11.9 Å². The molecule has 0 fully saturated rings. The smallest absolute Gasteiger partial charge is 0.312 e. The van der Waals surface area contributed by atoms with Crippen LogP contribution in [0, 0.1) is 23.2 Å². The summed E-state index contributed by atoms with van der Waals surface area (Å²) in [6.07, 6.45) is 12.2. The highest BCUT2D eigenvalue weighted by Gasteiger charge is 2.43. The maximum atomic E-state index is 13.0. The Bertz CT molecular complexity index is 646. The van der Waals surface area contributed by atoms with Crippen molar-refractivity contribution < 1.29 is 24.5 Å². The van der Waals surface area contributed by atoms with Crippen LogP contribution in [0.3, 0.4) is 0 Å². The first-order valence-electron chi connectivity index (χ1n) is 11.7. The maximum absolute atomic E-state index is 13.0. The first-order valence-corrected chi connectivity index (χ1v) is 11.7. The van der Waals surface area contributed by atoms with Gasteiger partial charge in [0.25, 0.3) is 0 Å². The predicted molar refractivity (Wildman–Crippen MR) is 118 cm³/mol. The molecule has 30 heavy (non-hydrogen) atoms. The summed E-state index contributed by atoms with van der Waals surface area (Å²) in [6.45, 7) is 8.21. The van der Waals surface area contributed by atoms with Crippen molar-refractivity contribution in [3.05, 3.63) is 23.8 Å². The first-order chi connectivity index (χ1) is 14.2. The van der Waals surface area contributed by atoms with E-state index < -0.39 is 17.5 Å². The molecule has 5 nitrogen and oxygen atoms in total. The van der Waals surface area contributed by atoms with E-state index in [-0.39, 0.29) is 24.4 Å². The molecule has 2 aliphatic rings. The zero-order chi connectivity index (χ0) is 22.3. The molecule has 0 aromatic heterocycles. The quantitative estimate of drug-likeness (QED) is 0.351. The van der Waals surface area contributed by atoms with Gasteiger partial charge in [0, 0.05) is 18.8 Å². The Morgan fingerprint density at radius 1 is 1.17 bits per heavy atom. The average molecular weight is 421 g/mol. The highest BCUT2D eigenvalue weighted by atomic mass is 16.5. The second-order valence-corrected chi connectivity index (χ2v) is 9.44. The van der Waals surface area contributed by atoms with E-state index in [1.165, 1.54) is 0 Å². The van der Waals surface area contributed by atoms with Gasteiger partial charge in [-0.1, -0.05) is 58.3 Å². The minimum Gasteiger partial charge on any atom is -0.481 e. The van der Waals surface area contributed by atoms with Crippen LogP contribution >= 0.6 is 0 Å². The molecule has 2 N–H and O–H groups in total. The number of unbranched alkanes of at least 4 members (excludes halogenated alkanes) is 3. The zero-order valence-electron chi connectivity index (χ0n) is 19.1. The summed E-state index contributed by atoms with van der Waals surface area (Å²) in [5, 5.41) is 19.1. The Morgan fingerprint density at radius 3 is 2.47 bits per heavy atom. The Morgan fingerprint density at radius 2 is 1.83 bits per heavy atom. The highest BCUT2D eigenvalue weighted by molar-refractivity contribution is 5.76. The monoisotopic (exact) mass is 420 g/mol. The fourth-order valence-corrected chi connectivity index (χ4v) is 4.81. The molecule has 5 atom stereocenters. The van der Waals surface area contributed by atoms with Crippen LogP contribution in [-0.4, -0.2) is 34.4 Å². The van der Waals surface area contributed by atoms with Gasteiger partial charge in [-0.3, -0.25) is 9.59 Å². The number of esters is 1. The van der Waals surface area contributed by atoms with Crippen molar-refractivity contribution in [3.63, 3.8) is 0 Å². The zero-order valence-corrected chi connectivity index (χ0v) is 19.1. The van der Waals surface area contributed by atoms with Gasteiger partial charge in [-0.2, -0.15) is 0 Å². The van der Waals surface area contributed by atoms with Crippen molar-refractivity contribution in [2.45, 2.75) is 97.7 Å². The van der Waals surface area contributed by atoms with Gasteiger partial charge in [-0.05, 0) is 50.0 Å². The van der Waals surface area contributed by atoms with E-state index in [2.05, 4.69) is 19.1 Å². The Kier molecular flexibility index (Phi) is 9.14. The number of carboxylic acids is 1. The number of carbonyl (C=O) groups excluding carboxylic acids is 1. The summed E-state index contributed by atoms with van der Waals surface area (Å²) < 4.78 is 6.09. The van der Waals surface area contributed by atoms with Crippen molar-refractivity contribution in [2.24, 2.45) is 23.2 Å². The summed E-state index contributed by atoms with van der Waals surface area (Å²) in [5.41, 5.74) is 0.609. The minimum absolute atomic E-state index is 0.120. The third-order valence-corrected chi connectivity index (χ3v) is 7.36. The number of aliphatic hydroxyl groups is 1. The van der Waals surface area contributed by atoms with E-state index in [0.29, 0.717) is 18.3 Å². The molecular weight excluding hydrogens is 380 g/mol. The molecule has 0 saturated heterocycles. The standard InChI is InChI=1S/C25H40O5/c1-5-25(4,6-2)24(29)30-21-16-19(26)15-18-14-13-17(3)20(23(18)21)11-9-7-8-10-12-22(27)28/h13-15,17,19-21,23,26H,5-12,16H2,1-4H3,(H,27,28)/t17-,19+,20-,21-,23-/m0/s1. The van der Waals surface area contributed by atoms with Crippen LogP contribution in [0.25, 0.3) is 0 Å². The van der Waals surface area contributed by atoms with E-state index in [1.54, 1.807) is 0 Å². The second kappa shape index (κ2) is 11.1. The topological polar surface area (TPSA) is 83.8 Å². The molecular formula is C25H40O5. The van der Waals surface area contributed by atoms with E-state index in [0.717, 1.165) is 50.5 Å². The van der Waals surface area contributed by atoms with Crippen molar-refractivity contribution in [1.29, 1.82) is 0 Å². The molecule has 0 heterocycles. The largest absolute Gasteiger partial charge is 0.481 e. The summed E-state index contributed by atoms with van der Waals surface area (Å²) in [4.78, 5) is 23.6. The summed E-state index contributed by atoms with van der Waals surface area (Å²) in [5.74, 6) is -0.0193. The molecule has 0 spiro atoms. The number of aliphatic hydroxyl groups excluding tert-OH is 1. The number of ether oxygens (including phenoxy) is 1. The van der Waals surface area contributed by atoms with E-state index >= 15 is 0 Å². The lowest BCUT2D eigenvalue weighted by Crippen LogP contribution is -2.44. The molecule has 0 saturated carbocycles. The molecule has 0 aromatic carbocycles. The second-order valence-electron chi connectivity index (χ2n) is 9.44. The number of carbonyl (C=O) groups is 2. The number of aliphatic carboxylic acids is 1. The Labute approximate surface area is 181 Å². The van der Waals surface area contributed by atoms with Crippen LogP contribution in [0.4, 0.5) is 0 Å². The van der Waals surface area contributed by atoms with Crippen LogP contribution in [0.15, 0.2) is 23.8 Å². The van der Waals surface area contributed by atoms with Crippen LogP contribution in [0.1, 0.15) is 85.5 Å². The third-order valence-electron chi connectivity index (χ3n) is 7.36. The van der Waals surface area contributed by atoms with E-state index in [1.807, 2.05) is 26.8 Å². The van der Waals surface area contributed by atoms with Gasteiger partial charge in [-0.15, -0.1) is 0 Å². The molecule has 0 aliphatic heterocycles. The molecule has 2 rings (SSSR count). The number of hydrogen-bond donors (Lipinski definition) is 2. The summed E-state index contributed by atoms with van der Waals surface area (Å²) in [7, 11) is 0. The van der Waals surface area contributed by atoms with Gasteiger partial charge in [0.05, 0.1) is 11.5 Å². The van der Waals surface area contributed by atoms with Crippen molar-refractivity contribution in [1.82, 2.24) is 0 Å². The van der Waals surface area contributed by atoms with E-state index in [4.69, 9.17) is 9.84 Å².